The lowest BCUT2D eigenvalue weighted by Crippen LogP contribution is -2.41. The van der Waals surface area contributed by atoms with Gasteiger partial charge in [-0.2, -0.15) is 0 Å². The predicted molar refractivity (Wildman–Crippen MR) is 79.8 cm³/mol. The molecule has 0 aromatic carbocycles. The molecule has 0 rings (SSSR count). The van der Waals surface area contributed by atoms with E-state index in [9.17, 15) is 0 Å². The van der Waals surface area contributed by atoms with Crippen LogP contribution in [0.3, 0.4) is 0 Å². The molecule has 0 heterocycles. The van der Waals surface area contributed by atoms with Gasteiger partial charge in [-0.25, -0.2) is 0 Å². The van der Waals surface area contributed by atoms with E-state index in [2.05, 4.69) is 67.7 Å². The first kappa shape index (κ1) is 20.8. The summed E-state index contributed by atoms with van der Waals surface area (Å²) in [4.78, 5) is 0. The zero-order chi connectivity index (χ0) is 12.9. The molecule has 0 spiro atoms. The number of allylic oxidation sites excluding steroid dienone is 2. The van der Waals surface area contributed by atoms with Gasteiger partial charge in [-0.05, 0) is 23.2 Å². The summed E-state index contributed by atoms with van der Waals surface area (Å²) < 4.78 is 0. The van der Waals surface area contributed by atoms with Crippen molar-refractivity contribution in [2.24, 2.45) is 16.2 Å². The van der Waals surface area contributed by atoms with Crippen LogP contribution in [0, 0.1) is 16.2 Å². The largest absolute Gasteiger partial charge is 0.103 e. The predicted octanol–water partition coefficient (Wildman–Crippen LogP) is 6.10. The van der Waals surface area contributed by atoms with E-state index >= 15 is 0 Å². The van der Waals surface area contributed by atoms with E-state index in [0.717, 1.165) is 0 Å². The standard InChI is InChI=1S/C12H24.C3H6.CH4/c1-9-11(5,6)12(7,8)10(2,3)4;1-3-2;/h9H,1H2,2-8H3;3H,1H2,2H3;1H4. The monoisotopic (exact) mass is 226 g/mol. The molecule has 16 heavy (non-hydrogen) atoms. The molecule has 0 atom stereocenters. The van der Waals surface area contributed by atoms with Crippen molar-refractivity contribution in [3.63, 3.8) is 0 Å². The Hall–Kier alpha value is -0.520. The van der Waals surface area contributed by atoms with Gasteiger partial charge in [-0.15, -0.1) is 13.2 Å². The lowest BCUT2D eigenvalue weighted by atomic mass is 9.56. The molecule has 0 bridgehead atoms. The molecule has 0 radical (unpaired) electrons. The third-order valence-electron chi connectivity index (χ3n) is 4.00. The zero-order valence-corrected chi connectivity index (χ0v) is 12.1. The maximum Gasteiger partial charge on any atom is -0.0121 e. The van der Waals surface area contributed by atoms with Crippen LogP contribution >= 0.6 is 0 Å². The van der Waals surface area contributed by atoms with E-state index in [1.807, 2.05) is 6.92 Å². The van der Waals surface area contributed by atoms with Crippen LogP contribution in [0.5, 0.6) is 0 Å². The van der Waals surface area contributed by atoms with Gasteiger partial charge in [0.2, 0.25) is 0 Å². The number of hydrogen-bond donors (Lipinski definition) is 0. The van der Waals surface area contributed by atoms with E-state index < -0.39 is 0 Å². The summed E-state index contributed by atoms with van der Waals surface area (Å²) in [6, 6.07) is 0. The Kier molecular flexibility index (Phi) is 9.03. The van der Waals surface area contributed by atoms with E-state index in [1.165, 1.54) is 0 Å². The summed E-state index contributed by atoms with van der Waals surface area (Å²) in [5, 5.41) is 0. The van der Waals surface area contributed by atoms with Gasteiger partial charge in [-0.1, -0.05) is 68.0 Å². The molecule has 0 saturated heterocycles. The first-order valence-electron chi connectivity index (χ1n) is 5.68. The van der Waals surface area contributed by atoms with Gasteiger partial charge in [-0.3, -0.25) is 0 Å². The van der Waals surface area contributed by atoms with E-state index in [0.29, 0.717) is 5.41 Å². The summed E-state index contributed by atoms with van der Waals surface area (Å²) in [5.41, 5.74) is 0.762. The first-order valence-corrected chi connectivity index (χ1v) is 5.68. The highest BCUT2D eigenvalue weighted by molar-refractivity contribution is 5.02. The molecule has 0 amide bonds. The quantitative estimate of drug-likeness (QED) is 0.499. The van der Waals surface area contributed by atoms with Crippen LogP contribution in [0.15, 0.2) is 25.3 Å². The molecular weight excluding hydrogens is 192 g/mol. The summed E-state index contributed by atoms with van der Waals surface area (Å²) in [6.07, 6.45) is 3.82. The molecule has 98 valence electrons. The minimum atomic E-state index is 0. The highest BCUT2D eigenvalue weighted by atomic mass is 14.5. The van der Waals surface area contributed by atoms with E-state index in [-0.39, 0.29) is 18.3 Å². The topological polar surface area (TPSA) is 0 Å². The maximum absolute atomic E-state index is 3.91. The van der Waals surface area contributed by atoms with Gasteiger partial charge in [0.1, 0.15) is 0 Å². The second kappa shape index (κ2) is 6.93. The average molecular weight is 226 g/mol. The number of rotatable bonds is 2. The minimum absolute atomic E-state index is 0. The fraction of sp³-hybridized carbons (Fsp3) is 0.750. The van der Waals surface area contributed by atoms with Crippen LogP contribution in [0.4, 0.5) is 0 Å². The fourth-order valence-corrected chi connectivity index (χ4v) is 1.22. The maximum atomic E-state index is 3.91. The summed E-state index contributed by atoms with van der Waals surface area (Å²) >= 11 is 0. The Balaban J connectivity index is -0.000000377. The van der Waals surface area contributed by atoms with Gasteiger partial charge in [0.15, 0.2) is 0 Å². The third-order valence-corrected chi connectivity index (χ3v) is 4.00. The van der Waals surface area contributed by atoms with E-state index in [1.54, 1.807) is 6.08 Å². The van der Waals surface area contributed by atoms with Crippen molar-refractivity contribution in [3.05, 3.63) is 25.3 Å². The van der Waals surface area contributed by atoms with Crippen LogP contribution < -0.4 is 0 Å². The summed E-state index contributed by atoms with van der Waals surface area (Å²) in [6.45, 7) is 25.2. The molecule has 0 aromatic rings. The van der Waals surface area contributed by atoms with Gasteiger partial charge < -0.3 is 0 Å². The molecule has 0 N–H and O–H groups in total. The Morgan fingerprint density at radius 1 is 0.812 bits per heavy atom. The van der Waals surface area contributed by atoms with Crippen molar-refractivity contribution < 1.29 is 0 Å². The van der Waals surface area contributed by atoms with Crippen LogP contribution in [-0.2, 0) is 0 Å². The summed E-state index contributed by atoms with van der Waals surface area (Å²) in [5.74, 6) is 0. The van der Waals surface area contributed by atoms with Crippen molar-refractivity contribution in [3.8, 4) is 0 Å². The Morgan fingerprint density at radius 3 is 1.12 bits per heavy atom. The molecule has 0 aliphatic rings. The van der Waals surface area contributed by atoms with E-state index in [4.69, 9.17) is 0 Å². The van der Waals surface area contributed by atoms with Gasteiger partial charge >= 0.3 is 0 Å². The van der Waals surface area contributed by atoms with Crippen LogP contribution in [0.2, 0.25) is 0 Å². The fourth-order valence-electron chi connectivity index (χ4n) is 1.22. The molecule has 0 heteroatoms. The molecule has 0 fully saturated rings. The second-order valence-electron chi connectivity index (χ2n) is 6.21. The first-order chi connectivity index (χ1) is 6.47. The summed E-state index contributed by atoms with van der Waals surface area (Å²) in [7, 11) is 0. The smallest absolute Gasteiger partial charge is 0.0121 e. The van der Waals surface area contributed by atoms with Gasteiger partial charge in [0.25, 0.3) is 0 Å². The lowest BCUT2D eigenvalue weighted by molar-refractivity contribution is 0.0258. The lowest BCUT2D eigenvalue weighted by Gasteiger charge is -2.49. The number of hydrogen-bond acceptors (Lipinski definition) is 0. The van der Waals surface area contributed by atoms with Crippen molar-refractivity contribution in [2.75, 3.05) is 0 Å². The van der Waals surface area contributed by atoms with Gasteiger partial charge in [0, 0.05) is 0 Å². The molecule has 0 aliphatic heterocycles. The molecule has 0 saturated carbocycles. The molecular formula is C16H34. The minimum Gasteiger partial charge on any atom is -0.103 e. The Bertz CT molecular complexity index is 199. The molecule has 0 nitrogen and oxygen atoms in total. The third kappa shape index (κ3) is 5.01. The average Bonchev–Trinajstić information content (AvgIpc) is 2.03. The Morgan fingerprint density at radius 2 is 1.06 bits per heavy atom. The second-order valence-corrected chi connectivity index (χ2v) is 6.21. The van der Waals surface area contributed by atoms with Crippen LogP contribution in [0.1, 0.15) is 62.8 Å². The Labute approximate surface area is 105 Å². The highest BCUT2D eigenvalue weighted by Crippen LogP contribution is 2.51. The SMILES string of the molecule is C.C=CC.C=CC(C)(C)C(C)(C)C(C)(C)C. The van der Waals surface area contributed by atoms with Crippen molar-refractivity contribution in [1.29, 1.82) is 0 Å². The highest BCUT2D eigenvalue weighted by Gasteiger charge is 2.43. The zero-order valence-electron chi connectivity index (χ0n) is 12.1. The molecule has 0 aliphatic carbocycles. The molecule has 0 aromatic heterocycles. The van der Waals surface area contributed by atoms with Crippen molar-refractivity contribution in [2.45, 2.75) is 62.8 Å². The van der Waals surface area contributed by atoms with Crippen LogP contribution in [-0.4, -0.2) is 0 Å². The van der Waals surface area contributed by atoms with Crippen molar-refractivity contribution in [1.82, 2.24) is 0 Å². The van der Waals surface area contributed by atoms with Crippen LogP contribution in [0.25, 0.3) is 0 Å². The van der Waals surface area contributed by atoms with Crippen molar-refractivity contribution >= 4 is 0 Å². The van der Waals surface area contributed by atoms with Gasteiger partial charge in [0.05, 0.1) is 0 Å². The normalized spacial score (nSPS) is 11.8. The molecule has 0 unspecified atom stereocenters.